The minimum absolute atomic E-state index is 0.698. The van der Waals surface area contributed by atoms with Crippen molar-refractivity contribution >= 4 is 39.8 Å². The highest BCUT2D eigenvalue weighted by Gasteiger charge is 2.28. The van der Waals surface area contributed by atoms with E-state index in [4.69, 9.17) is 14.7 Å². The van der Waals surface area contributed by atoms with Gasteiger partial charge in [-0.25, -0.2) is 14.7 Å². The monoisotopic (exact) mass is 419 g/mol. The topological polar surface area (TPSA) is 38.1 Å². The lowest BCUT2D eigenvalue weighted by Gasteiger charge is -2.26. The molecule has 0 bridgehead atoms. The maximum absolute atomic E-state index is 5.49. The number of nitrogens with zero attached hydrogens (tertiary/aromatic N) is 3. The molecule has 0 saturated heterocycles. The molecule has 1 heterocycles. The summed E-state index contributed by atoms with van der Waals surface area (Å²) in [6.07, 6.45) is 0. The number of hydrogen-bond donors (Lipinski definition) is 0. The summed E-state index contributed by atoms with van der Waals surface area (Å²) < 4.78 is 5.49. The highest BCUT2D eigenvalue weighted by Crippen LogP contribution is 2.49. The molecular formula is C27H22N3P. The molecule has 0 aliphatic rings. The summed E-state index contributed by atoms with van der Waals surface area (Å²) in [4.78, 5) is 9.74. The minimum Gasteiger partial charge on any atom is -0.248 e. The van der Waals surface area contributed by atoms with Gasteiger partial charge in [-0.15, -0.1) is 0 Å². The van der Waals surface area contributed by atoms with Crippen LogP contribution in [0.2, 0.25) is 0 Å². The summed E-state index contributed by atoms with van der Waals surface area (Å²) in [7, 11) is -2.36. The lowest BCUT2D eigenvalue weighted by Crippen LogP contribution is -2.25. The maximum Gasteiger partial charge on any atom is 0.173 e. The summed E-state index contributed by atoms with van der Waals surface area (Å²) in [6, 6.07) is 39.7. The zero-order chi connectivity index (χ0) is 21.1. The largest absolute Gasteiger partial charge is 0.248 e. The van der Waals surface area contributed by atoms with E-state index in [1.54, 1.807) is 0 Å². The van der Waals surface area contributed by atoms with Crippen LogP contribution in [0.3, 0.4) is 0 Å². The zero-order valence-corrected chi connectivity index (χ0v) is 18.2. The van der Waals surface area contributed by atoms with Crippen molar-refractivity contribution in [1.29, 1.82) is 0 Å². The Kier molecular flexibility index (Phi) is 5.19. The van der Waals surface area contributed by atoms with Crippen LogP contribution in [0.4, 0.5) is 5.82 Å². The Hall–Kier alpha value is -3.55. The van der Waals surface area contributed by atoms with Gasteiger partial charge < -0.3 is 0 Å². The van der Waals surface area contributed by atoms with Crippen LogP contribution in [0.25, 0.3) is 11.0 Å². The van der Waals surface area contributed by atoms with Gasteiger partial charge in [0.2, 0.25) is 0 Å². The molecule has 1 aromatic heterocycles. The third kappa shape index (κ3) is 3.58. The van der Waals surface area contributed by atoms with Crippen LogP contribution in [0.15, 0.2) is 120 Å². The van der Waals surface area contributed by atoms with E-state index in [1.807, 2.05) is 31.2 Å². The molecule has 0 N–H and O–H groups in total. The van der Waals surface area contributed by atoms with Crippen LogP contribution in [-0.2, 0) is 0 Å². The molecule has 0 aliphatic heterocycles. The van der Waals surface area contributed by atoms with Crippen LogP contribution in [0, 0.1) is 6.92 Å². The molecule has 0 radical (unpaired) electrons. The molecule has 5 rings (SSSR count). The Labute approximate surface area is 182 Å². The Morgan fingerprint density at radius 1 is 0.516 bits per heavy atom. The quantitative estimate of drug-likeness (QED) is 0.348. The van der Waals surface area contributed by atoms with Gasteiger partial charge >= 0.3 is 0 Å². The third-order valence-electron chi connectivity index (χ3n) is 5.35. The fraction of sp³-hybridized carbons (Fsp3) is 0.0370. The van der Waals surface area contributed by atoms with Gasteiger partial charge in [0, 0.05) is 15.9 Å². The predicted molar refractivity (Wildman–Crippen MR) is 132 cm³/mol. The van der Waals surface area contributed by atoms with E-state index in [9.17, 15) is 0 Å². The molecular weight excluding hydrogens is 397 g/mol. The van der Waals surface area contributed by atoms with Crippen molar-refractivity contribution in [3.8, 4) is 0 Å². The Morgan fingerprint density at radius 3 is 1.35 bits per heavy atom. The van der Waals surface area contributed by atoms with Crippen molar-refractivity contribution in [2.45, 2.75) is 6.92 Å². The van der Waals surface area contributed by atoms with Crippen LogP contribution in [-0.4, -0.2) is 9.97 Å². The van der Waals surface area contributed by atoms with Crippen LogP contribution < -0.4 is 15.9 Å². The van der Waals surface area contributed by atoms with Gasteiger partial charge in [-0.1, -0.05) is 103 Å². The lowest BCUT2D eigenvalue weighted by molar-refractivity contribution is 1.17. The van der Waals surface area contributed by atoms with Crippen molar-refractivity contribution in [1.82, 2.24) is 9.97 Å². The SMILES string of the molecule is Cc1nc2ccccc2nc1N=P(c1ccccc1)(c1ccccc1)c1ccccc1. The smallest absolute Gasteiger partial charge is 0.173 e. The molecule has 5 aromatic rings. The van der Waals surface area contributed by atoms with Gasteiger partial charge in [-0.05, 0) is 19.1 Å². The van der Waals surface area contributed by atoms with Crippen LogP contribution in [0.1, 0.15) is 5.69 Å². The van der Waals surface area contributed by atoms with Crippen molar-refractivity contribution in [2.75, 3.05) is 0 Å². The molecule has 0 atom stereocenters. The van der Waals surface area contributed by atoms with Gasteiger partial charge in [-0.3, -0.25) is 0 Å². The lowest BCUT2D eigenvalue weighted by atomic mass is 10.3. The molecule has 0 aliphatic carbocycles. The fourth-order valence-corrected chi connectivity index (χ4v) is 7.39. The van der Waals surface area contributed by atoms with E-state index in [1.165, 1.54) is 15.9 Å². The van der Waals surface area contributed by atoms with Gasteiger partial charge in [0.05, 0.1) is 23.8 Å². The standard InChI is InChI=1S/C27H22N3P/c1-21-27(29-26-20-12-11-19-25(26)28-21)30-31(22-13-5-2-6-14-22,23-15-7-3-8-16-23)24-17-9-4-10-18-24/h2-20H,1H3. The summed E-state index contributed by atoms with van der Waals surface area (Å²) in [5, 5.41) is 3.59. The van der Waals surface area contributed by atoms with E-state index in [0.717, 1.165) is 16.7 Å². The molecule has 150 valence electrons. The maximum atomic E-state index is 5.49. The summed E-state index contributed by atoms with van der Waals surface area (Å²) in [6.45, 7) is 1.99. The second-order valence-electron chi connectivity index (χ2n) is 7.36. The number of aromatic nitrogens is 2. The zero-order valence-electron chi connectivity index (χ0n) is 17.3. The van der Waals surface area contributed by atoms with Crippen LogP contribution in [0.5, 0.6) is 0 Å². The van der Waals surface area contributed by atoms with Gasteiger partial charge in [0.15, 0.2) is 5.82 Å². The van der Waals surface area contributed by atoms with E-state index in [-0.39, 0.29) is 0 Å². The number of aryl methyl sites for hydroxylation is 1. The highest BCUT2D eigenvalue weighted by molar-refractivity contribution is 7.87. The summed E-state index contributed by atoms with van der Waals surface area (Å²) in [5.74, 6) is 0.698. The van der Waals surface area contributed by atoms with E-state index >= 15 is 0 Å². The summed E-state index contributed by atoms with van der Waals surface area (Å²) in [5.41, 5.74) is 2.59. The molecule has 0 spiro atoms. The molecule has 31 heavy (non-hydrogen) atoms. The van der Waals surface area contributed by atoms with Gasteiger partial charge in [0.1, 0.15) is 0 Å². The second-order valence-corrected chi connectivity index (χ2v) is 10.4. The number of para-hydroxylation sites is 2. The van der Waals surface area contributed by atoms with Crippen LogP contribution >= 0.6 is 7.05 Å². The molecule has 0 amide bonds. The molecule has 0 saturated carbocycles. The molecule has 0 fully saturated rings. The minimum atomic E-state index is -2.36. The second kappa shape index (κ2) is 8.29. The summed E-state index contributed by atoms with van der Waals surface area (Å²) >= 11 is 0. The number of fused-ring (bicyclic) bond motifs is 1. The number of benzene rings is 4. The highest BCUT2D eigenvalue weighted by atomic mass is 31.2. The Morgan fingerprint density at radius 2 is 0.903 bits per heavy atom. The van der Waals surface area contributed by atoms with Gasteiger partial charge in [0.25, 0.3) is 0 Å². The third-order valence-corrected chi connectivity index (χ3v) is 8.98. The van der Waals surface area contributed by atoms with E-state index < -0.39 is 7.05 Å². The first-order chi connectivity index (χ1) is 15.3. The van der Waals surface area contributed by atoms with Crippen molar-refractivity contribution in [3.05, 3.63) is 121 Å². The predicted octanol–water partition coefficient (Wildman–Crippen LogP) is 5.75. The van der Waals surface area contributed by atoms with Crippen molar-refractivity contribution in [3.63, 3.8) is 0 Å². The number of hydrogen-bond acceptors (Lipinski definition) is 3. The van der Waals surface area contributed by atoms with Crippen molar-refractivity contribution in [2.24, 2.45) is 4.74 Å². The molecule has 4 heteroatoms. The van der Waals surface area contributed by atoms with E-state index in [2.05, 4.69) is 91.0 Å². The average Bonchev–Trinajstić information content (AvgIpc) is 2.84. The first-order valence-corrected chi connectivity index (χ1v) is 12.0. The Balaban J connectivity index is 1.92. The molecule has 3 nitrogen and oxygen atoms in total. The van der Waals surface area contributed by atoms with E-state index in [0.29, 0.717) is 5.82 Å². The first-order valence-electron chi connectivity index (χ1n) is 10.3. The molecule has 4 aromatic carbocycles. The van der Waals surface area contributed by atoms with Gasteiger partial charge in [-0.2, -0.15) is 0 Å². The normalized spacial score (nSPS) is 11.4. The fourth-order valence-electron chi connectivity index (χ4n) is 3.87. The van der Waals surface area contributed by atoms with Crippen molar-refractivity contribution < 1.29 is 0 Å². The average molecular weight is 419 g/mol. The number of rotatable bonds is 4. The Bertz CT molecular complexity index is 1280. The first kappa shape index (κ1) is 19.4. The molecule has 0 unspecified atom stereocenters.